The number of benzene rings is 2. The highest BCUT2D eigenvalue weighted by molar-refractivity contribution is 7.80. The van der Waals surface area contributed by atoms with E-state index in [4.69, 9.17) is 12.2 Å². The largest absolute Gasteiger partial charge is 0.350 e. The van der Waals surface area contributed by atoms with Gasteiger partial charge in [0.15, 0.2) is 5.11 Å². The third-order valence-electron chi connectivity index (χ3n) is 5.28. The van der Waals surface area contributed by atoms with Gasteiger partial charge >= 0.3 is 0 Å². The summed E-state index contributed by atoms with van der Waals surface area (Å²) in [7, 11) is 3.54. The molecule has 2 aromatic carbocycles. The summed E-state index contributed by atoms with van der Waals surface area (Å²) in [6.07, 6.45) is 4.49. The number of hydrogen-bond acceptors (Lipinski definition) is 3. The van der Waals surface area contributed by atoms with Crippen LogP contribution in [0, 0.1) is 0 Å². The van der Waals surface area contributed by atoms with Gasteiger partial charge in [-0.05, 0) is 48.5 Å². The van der Waals surface area contributed by atoms with Gasteiger partial charge in [-0.3, -0.25) is 19.4 Å². The van der Waals surface area contributed by atoms with Crippen molar-refractivity contribution < 1.29 is 9.59 Å². The number of thiocarbonyl (C=S) groups is 1. The van der Waals surface area contributed by atoms with Crippen LogP contribution in [0.5, 0.6) is 0 Å². The van der Waals surface area contributed by atoms with Crippen molar-refractivity contribution in [3.05, 3.63) is 71.4 Å². The number of rotatable bonds is 3. The van der Waals surface area contributed by atoms with Gasteiger partial charge < -0.3 is 4.57 Å². The molecule has 1 aliphatic rings. The minimum Gasteiger partial charge on any atom is -0.350 e. The number of nitrogens with zero attached hydrogens (tertiary/aromatic N) is 3. The maximum atomic E-state index is 13.3. The van der Waals surface area contributed by atoms with E-state index in [-0.39, 0.29) is 10.7 Å². The van der Waals surface area contributed by atoms with E-state index >= 15 is 0 Å². The second kappa shape index (κ2) is 7.29. The molecule has 0 spiro atoms. The predicted molar refractivity (Wildman–Crippen MR) is 120 cm³/mol. The predicted octanol–water partition coefficient (Wildman–Crippen LogP) is 3.91. The molecule has 0 radical (unpaired) electrons. The zero-order chi connectivity index (χ0) is 20.7. The first-order valence-corrected chi connectivity index (χ1v) is 9.84. The van der Waals surface area contributed by atoms with Crippen LogP contribution in [0.3, 0.4) is 0 Å². The molecule has 2 heterocycles. The molecule has 0 saturated carbocycles. The molecule has 0 N–H and O–H groups in total. The van der Waals surface area contributed by atoms with Gasteiger partial charge in [-0.1, -0.05) is 37.3 Å². The van der Waals surface area contributed by atoms with Crippen molar-refractivity contribution in [1.29, 1.82) is 0 Å². The average molecular weight is 404 g/mol. The number of amides is 2. The number of anilines is 1. The van der Waals surface area contributed by atoms with Crippen molar-refractivity contribution in [2.45, 2.75) is 13.3 Å². The third kappa shape index (κ3) is 3.15. The van der Waals surface area contributed by atoms with Gasteiger partial charge in [-0.15, -0.1) is 0 Å². The fraction of sp³-hybridized carbons (Fsp3) is 0.174. The van der Waals surface area contributed by atoms with E-state index in [1.54, 1.807) is 13.1 Å². The van der Waals surface area contributed by atoms with Crippen LogP contribution in [-0.2, 0) is 23.1 Å². The van der Waals surface area contributed by atoms with Gasteiger partial charge in [-0.2, -0.15) is 0 Å². The molecule has 6 heteroatoms. The summed E-state index contributed by atoms with van der Waals surface area (Å²) in [5, 5.41) is 1.16. The number of fused-ring (bicyclic) bond motifs is 1. The molecule has 3 aromatic rings. The smallest absolute Gasteiger partial charge is 0.270 e. The molecule has 5 nitrogen and oxygen atoms in total. The number of aromatic nitrogens is 1. The molecular formula is C23H21N3O2S. The van der Waals surface area contributed by atoms with Crippen LogP contribution in [-0.4, -0.2) is 33.4 Å². The lowest BCUT2D eigenvalue weighted by atomic mass is 10.0. The lowest BCUT2D eigenvalue weighted by Gasteiger charge is -2.34. The molecule has 2 amide bonds. The minimum absolute atomic E-state index is 0.0945. The van der Waals surface area contributed by atoms with E-state index in [1.165, 1.54) is 15.4 Å². The van der Waals surface area contributed by atoms with Gasteiger partial charge in [0.05, 0.1) is 5.69 Å². The van der Waals surface area contributed by atoms with E-state index in [9.17, 15) is 9.59 Å². The molecule has 1 aromatic heterocycles. The van der Waals surface area contributed by atoms with Gasteiger partial charge in [0.2, 0.25) is 0 Å². The molecule has 1 saturated heterocycles. The maximum absolute atomic E-state index is 13.3. The van der Waals surface area contributed by atoms with Crippen LogP contribution >= 0.6 is 12.2 Å². The Balaban J connectivity index is 1.81. The lowest BCUT2D eigenvalue weighted by molar-refractivity contribution is -0.127. The normalized spacial score (nSPS) is 16.4. The van der Waals surface area contributed by atoms with Crippen LogP contribution < -0.4 is 4.90 Å². The molecule has 146 valence electrons. The lowest BCUT2D eigenvalue weighted by Crippen LogP contribution is -2.54. The summed E-state index contributed by atoms with van der Waals surface area (Å²) in [5.74, 6) is -0.801. The molecule has 1 aliphatic heterocycles. The first-order valence-electron chi connectivity index (χ1n) is 9.43. The van der Waals surface area contributed by atoms with Crippen LogP contribution in [0.15, 0.2) is 60.3 Å². The molecule has 0 unspecified atom stereocenters. The first-order chi connectivity index (χ1) is 13.9. The standard InChI is InChI=1S/C23H21N3O2S/c1-4-15-9-11-17(12-10-15)26-22(28)19(21(27)25(3)23(26)29)13-16-14-24(2)20-8-6-5-7-18(16)20/h5-14H,4H2,1-3H3/b19-13+. The SMILES string of the molecule is CCc1ccc(N2C(=O)/C(=C/c3cn(C)c4ccccc34)C(=O)N(C)C2=S)cc1. The zero-order valence-corrected chi connectivity index (χ0v) is 17.4. The van der Waals surface area contributed by atoms with E-state index in [0.29, 0.717) is 5.69 Å². The molecule has 0 bridgehead atoms. The van der Waals surface area contributed by atoms with Crippen molar-refractivity contribution in [3.63, 3.8) is 0 Å². The number of aryl methyl sites for hydroxylation is 2. The van der Waals surface area contributed by atoms with Crippen LogP contribution in [0.25, 0.3) is 17.0 Å². The summed E-state index contributed by atoms with van der Waals surface area (Å²) in [6, 6.07) is 15.6. The Kier molecular flexibility index (Phi) is 4.80. The summed E-state index contributed by atoms with van der Waals surface area (Å²) >= 11 is 5.42. The number of carbonyl (C=O) groups is 2. The highest BCUT2D eigenvalue weighted by Crippen LogP contribution is 2.28. The molecule has 4 rings (SSSR count). The second-order valence-corrected chi connectivity index (χ2v) is 7.44. The summed E-state index contributed by atoms with van der Waals surface area (Å²) < 4.78 is 1.98. The van der Waals surface area contributed by atoms with Gasteiger partial charge in [0, 0.05) is 36.8 Å². The van der Waals surface area contributed by atoms with Crippen LogP contribution in [0.4, 0.5) is 5.69 Å². The molecular weight excluding hydrogens is 382 g/mol. The first kappa shape index (κ1) is 19.1. The van der Waals surface area contributed by atoms with Crippen molar-refractivity contribution in [2.24, 2.45) is 7.05 Å². The molecule has 0 aliphatic carbocycles. The van der Waals surface area contributed by atoms with Crippen LogP contribution in [0.1, 0.15) is 18.1 Å². The van der Waals surface area contributed by atoms with Crippen molar-refractivity contribution in [3.8, 4) is 0 Å². The average Bonchev–Trinajstić information content (AvgIpc) is 3.06. The number of likely N-dealkylation sites (N-methyl/N-ethyl adjacent to an activating group) is 1. The highest BCUT2D eigenvalue weighted by atomic mass is 32.1. The Morgan fingerprint density at radius 2 is 1.66 bits per heavy atom. The van der Waals surface area contributed by atoms with Crippen molar-refractivity contribution in [2.75, 3.05) is 11.9 Å². The molecule has 29 heavy (non-hydrogen) atoms. The van der Waals surface area contributed by atoms with E-state index in [2.05, 4.69) is 6.92 Å². The number of hydrogen-bond donors (Lipinski definition) is 0. The van der Waals surface area contributed by atoms with Crippen molar-refractivity contribution >= 4 is 51.8 Å². The fourth-order valence-corrected chi connectivity index (χ4v) is 3.86. The van der Waals surface area contributed by atoms with Crippen LogP contribution in [0.2, 0.25) is 0 Å². The monoisotopic (exact) mass is 403 g/mol. The van der Waals surface area contributed by atoms with Gasteiger partial charge in [0.1, 0.15) is 5.57 Å². The number of para-hydroxylation sites is 1. The highest BCUT2D eigenvalue weighted by Gasteiger charge is 2.38. The van der Waals surface area contributed by atoms with E-state index < -0.39 is 11.8 Å². The Hall–Kier alpha value is -3.25. The Labute approximate surface area is 174 Å². The summed E-state index contributed by atoms with van der Waals surface area (Å²) in [6.45, 7) is 2.07. The summed E-state index contributed by atoms with van der Waals surface area (Å²) in [4.78, 5) is 29.0. The quantitative estimate of drug-likeness (QED) is 0.378. The van der Waals surface area contributed by atoms with Gasteiger partial charge in [0.25, 0.3) is 11.8 Å². The van der Waals surface area contributed by atoms with Gasteiger partial charge in [-0.25, -0.2) is 0 Å². The Morgan fingerprint density at radius 3 is 2.34 bits per heavy atom. The number of carbonyl (C=O) groups excluding carboxylic acids is 2. The Morgan fingerprint density at radius 1 is 0.966 bits per heavy atom. The minimum atomic E-state index is -0.407. The maximum Gasteiger partial charge on any atom is 0.270 e. The van der Waals surface area contributed by atoms with Crippen molar-refractivity contribution in [1.82, 2.24) is 9.47 Å². The second-order valence-electron chi connectivity index (χ2n) is 7.08. The molecule has 0 atom stereocenters. The Bertz CT molecular complexity index is 1170. The van der Waals surface area contributed by atoms with E-state index in [1.807, 2.05) is 66.3 Å². The zero-order valence-electron chi connectivity index (χ0n) is 16.5. The third-order valence-corrected chi connectivity index (χ3v) is 5.73. The fourth-order valence-electron chi connectivity index (χ4n) is 3.59. The summed E-state index contributed by atoms with van der Waals surface area (Å²) in [5.41, 5.74) is 3.77. The topological polar surface area (TPSA) is 45.6 Å². The van der Waals surface area contributed by atoms with E-state index in [0.717, 1.165) is 22.9 Å². The molecule has 1 fully saturated rings.